The lowest BCUT2D eigenvalue weighted by Gasteiger charge is -2.21. The van der Waals surface area contributed by atoms with Gasteiger partial charge in [-0.15, -0.1) is 11.3 Å². The van der Waals surface area contributed by atoms with Crippen molar-refractivity contribution in [3.05, 3.63) is 16.1 Å². The fourth-order valence-electron chi connectivity index (χ4n) is 2.08. The lowest BCUT2D eigenvalue weighted by Crippen LogP contribution is -2.28. The zero-order valence-electron chi connectivity index (χ0n) is 10.5. The van der Waals surface area contributed by atoms with Crippen molar-refractivity contribution < 1.29 is 0 Å². The van der Waals surface area contributed by atoms with Gasteiger partial charge in [-0.05, 0) is 31.8 Å². The Morgan fingerprint density at radius 3 is 2.62 bits per heavy atom. The Balaban J connectivity index is 1.97. The second kappa shape index (κ2) is 4.84. The summed E-state index contributed by atoms with van der Waals surface area (Å²) < 4.78 is 0. The Hall–Kier alpha value is -0.410. The summed E-state index contributed by atoms with van der Waals surface area (Å²) in [6.07, 6.45) is 3.80. The molecule has 1 aromatic heterocycles. The Morgan fingerprint density at radius 1 is 1.38 bits per heavy atom. The summed E-state index contributed by atoms with van der Waals surface area (Å²) in [7, 11) is 0. The van der Waals surface area contributed by atoms with Gasteiger partial charge in [0.2, 0.25) is 0 Å². The molecule has 0 unspecified atom stereocenters. The van der Waals surface area contributed by atoms with Gasteiger partial charge in [0, 0.05) is 17.2 Å². The van der Waals surface area contributed by atoms with Gasteiger partial charge in [0.15, 0.2) is 0 Å². The van der Waals surface area contributed by atoms with E-state index in [4.69, 9.17) is 4.98 Å². The van der Waals surface area contributed by atoms with Crippen LogP contribution in [0.15, 0.2) is 5.38 Å². The van der Waals surface area contributed by atoms with E-state index in [1.165, 1.54) is 43.1 Å². The van der Waals surface area contributed by atoms with Crippen LogP contribution >= 0.6 is 11.3 Å². The highest BCUT2D eigenvalue weighted by molar-refractivity contribution is 7.09. The van der Waals surface area contributed by atoms with Gasteiger partial charge >= 0.3 is 0 Å². The summed E-state index contributed by atoms with van der Waals surface area (Å²) in [6.45, 7) is 9.06. The summed E-state index contributed by atoms with van der Waals surface area (Å²) in [6, 6.07) is 0. The fourth-order valence-corrected chi connectivity index (χ4v) is 3.22. The topological polar surface area (TPSA) is 24.9 Å². The average Bonchev–Trinajstić information content (AvgIpc) is 2.67. The molecule has 90 valence electrons. The molecule has 0 bridgehead atoms. The van der Waals surface area contributed by atoms with Crippen LogP contribution in [-0.2, 0) is 11.8 Å². The van der Waals surface area contributed by atoms with Crippen molar-refractivity contribution in [1.29, 1.82) is 0 Å². The van der Waals surface area contributed by atoms with E-state index in [9.17, 15) is 0 Å². The molecule has 2 rings (SSSR count). The normalized spacial score (nSPS) is 18.9. The third-order valence-electron chi connectivity index (χ3n) is 3.24. The van der Waals surface area contributed by atoms with Crippen LogP contribution in [0.3, 0.4) is 0 Å². The zero-order valence-corrected chi connectivity index (χ0v) is 11.4. The van der Waals surface area contributed by atoms with Crippen LogP contribution in [0, 0.1) is 5.92 Å². The maximum atomic E-state index is 4.77. The highest BCUT2D eigenvalue weighted by atomic mass is 32.1. The van der Waals surface area contributed by atoms with Crippen molar-refractivity contribution >= 4 is 11.3 Å². The van der Waals surface area contributed by atoms with Crippen LogP contribution in [-0.4, -0.2) is 18.1 Å². The first-order chi connectivity index (χ1) is 7.55. The molecule has 16 heavy (non-hydrogen) atoms. The molecule has 0 atom stereocenters. The lowest BCUT2D eigenvalue weighted by molar-refractivity contribution is 0.372. The van der Waals surface area contributed by atoms with Crippen molar-refractivity contribution in [2.75, 3.05) is 13.1 Å². The summed E-state index contributed by atoms with van der Waals surface area (Å²) in [5, 5.41) is 6.98. The standard InChI is InChI=1S/C13H22N2S/c1-13(2,3)11-9-16-12(15-11)8-10-4-6-14-7-5-10/h9-10,14H,4-8H2,1-3H3. The molecule has 0 radical (unpaired) electrons. The Labute approximate surface area is 102 Å². The molecule has 1 aliphatic rings. The first kappa shape index (κ1) is 12.1. The summed E-state index contributed by atoms with van der Waals surface area (Å²) in [5.41, 5.74) is 1.45. The van der Waals surface area contributed by atoms with E-state index in [1.54, 1.807) is 0 Å². The lowest BCUT2D eigenvalue weighted by atomic mass is 9.93. The molecular formula is C13H22N2S. The number of rotatable bonds is 2. The van der Waals surface area contributed by atoms with Gasteiger partial charge in [-0.1, -0.05) is 20.8 Å². The molecule has 0 amide bonds. The first-order valence-corrected chi connectivity index (χ1v) is 7.09. The van der Waals surface area contributed by atoms with E-state index in [1.807, 2.05) is 11.3 Å². The average molecular weight is 238 g/mol. The summed E-state index contributed by atoms with van der Waals surface area (Å²) in [5.74, 6) is 0.847. The molecule has 0 aromatic carbocycles. The Kier molecular flexibility index (Phi) is 3.65. The monoisotopic (exact) mass is 238 g/mol. The number of aromatic nitrogens is 1. The zero-order chi connectivity index (χ0) is 11.6. The van der Waals surface area contributed by atoms with Crippen LogP contribution in [0.4, 0.5) is 0 Å². The van der Waals surface area contributed by atoms with Crippen molar-refractivity contribution in [1.82, 2.24) is 10.3 Å². The maximum absolute atomic E-state index is 4.77. The smallest absolute Gasteiger partial charge is 0.0931 e. The van der Waals surface area contributed by atoms with Crippen molar-refractivity contribution in [3.8, 4) is 0 Å². The molecule has 0 saturated carbocycles. The second-order valence-electron chi connectivity index (χ2n) is 5.77. The molecule has 0 aliphatic carbocycles. The molecule has 2 nitrogen and oxygen atoms in total. The molecule has 0 spiro atoms. The van der Waals surface area contributed by atoms with E-state index in [0.29, 0.717) is 0 Å². The SMILES string of the molecule is CC(C)(C)c1csc(CC2CCNCC2)n1. The van der Waals surface area contributed by atoms with E-state index < -0.39 is 0 Å². The Morgan fingerprint density at radius 2 is 2.06 bits per heavy atom. The highest BCUT2D eigenvalue weighted by Gasteiger charge is 2.19. The maximum Gasteiger partial charge on any atom is 0.0931 e. The van der Waals surface area contributed by atoms with Gasteiger partial charge in [-0.2, -0.15) is 0 Å². The van der Waals surface area contributed by atoms with Crippen LogP contribution in [0.2, 0.25) is 0 Å². The molecule has 2 heterocycles. The molecule has 1 saturated heterocycles. The number of nitrogens with one attached hydrogen (secondary N) is 1. The van der Waals surface area contributed by atoms with Crippen LogP contribution in [0.5, 0.6) is 0 Å². The number of hydrogen-bond donors (Lipinski definition) is 1. The number of thiazole rings is 1. The van der Waals surface area contributed by atoms with Gasteiger partial charge < -0.3 is 5.32 Å². The summed E-state index contributed by atoms with van der Waals surface area (Å²) in [4.78, 5) is 4.77. The quantitative estimate of drug-likeness (QED) is 0.857. The largest absolute Gasteiger partial charge is 0.317 e. The predicted molar refractivity (Wildman–Crippen MR) is 70.1 cm³/mol. The minimum atomic E-state index is 0.197. The van der Waals surface area contributed by atoms with Crippen LogP contribution in [0.1, 0.15) is 44.3 Å². The van der Waals surface area contributed by atoms with Gasteiger partial charge in [0.1, 0.15) is 0 Å². The van der Waals surface area contributed by atoms with Crippen molar-refractivity contribution in [2.24, 2.45) is 5.92 Å². The molecule has 3 heteroatoms. The van der Waals surface area contributed by atoms with Gasteiger partial charge in [0.25, 0.3) is 0 Å². The highest BCUT2D eigenvalue weighted by Crippen LogP contribution is 2.26. The van der Waals surface area contributed by atoms with E-state index >= 15 is 0 Å². The van der Waals surface area contributed by atoms with Crippen LogP contribution < -0.4 is 5.32 Å². The third kappa shape index (κ3) is 3.05. The van der Waals surface area contributed by atoms with E-state index in [0.717, 1.165) is 5.92 Å². The number of piperidine rings is 1. The molecule has 1 fully saturated rings. The van der Waals surface area contributed by atoms with Crippen molar-refractivity contribution in [2.45, 2.75) is 45.4 Å². The van der Waals surface area contributed by atoms with Gasteiger partial charge in [-0.3, -0.25) is 0 Å². The Bertz CT molecular complexity index is 332. The first-order valence-electron chi connectivity index (χ1n) is 6.21. The number of nitrogens with zero attached hydrogens (tertiary/aromatic N) is 1. The fraction of sp³-hybridized carbons (Fsp3) is 0.769. The van der Waals surface area contributed by atoms with Gasteiger partial charge in [-0.25, -0.2) is 4.98 Å². The van der Waals surface area contributed by atoms with E-state index in [2.05, 4.69) is 31.5 Å². The van der Waals surface area contributed by atoms with Crippen LogP contribution in [0.25, 0.3) is 0 Å². The molecular weight excluding hydrogens is 216 g/mol. The predicted octanol–water partition coefficient (Wildman–Crippen LogP) is 2.98. The molecule has 1 N–H and O–H groups in total. The molecule has 1 aromatic rings. The minimum absolute atomic E-state index is 0.197. The molecule has 1 aliphatic heterocycles. The third-order valence-corrected chi connectivity index (χ3v) is 4.11. The number of hydrogen-bond acceptors (Lipinski definition) is 3. The van der Waals surface area contributed by atoms with E-state index in [-0.39, 0.29) is 5.41 Å². The summed E-state index contributed by atoms with van der Waals surface area (Å²) >= 11 is 1.84. The second-order valence-corrected chi connectivity index (χ2v) is 6.72. The van der Waals surface area contributed by atoms with Gasteiger partial charge in [0.05, 0.1) is 10.7 Å². The van der Waals surface area contributed by atoms with Crippen molar-refractivity contribution in [3.63, 3.8) is 0 Å². The minimum Gasteiger partial charge on any atom is -0.317 e.